The highest BCUT2D eigenvalue weighted by molar-refractivity contribution is 7.90. The Morgan fingerprint density at radius 1 is 1.03 bits per heavy atom. The van der Waals surface area contributed by atoms with E-state index in [1.807, 2.05) is 67.6 Å². The first-order valence-electron chi connectivity index (χ1n) is 12.2. The Bertz CT molecular complexity index is 1570. The molecule has 0 fully saturated rings. The Morgan fingerprint density at radius 2 is 1.73 bits per heavy atom. The zero-order valence-corrected chi connectivity index (χ0v) is 22.8. The molecule has 0 saturated heterocycles. The van der Waals surface area contributed by atoms with E-state index in [4.69, 9.17) is 4.74 Å². The van der Waals surface area contributed by atoms with Gasteiger partial charge in [0.2, 0.25) is 10.0 Å². The molecular weight excluding hydrogens is 482 g/mol. The van der Waals surface area contributed by atoms with Gasteiger partial charge in [-0.25, -0.2) is 17.2 Å². The predicted octanol–water partition coefficient (Wildman–Crippen LogP) is 6.73. The van der Waals surface area contributed by atoms with Crippen molar-refractivity contribution in [2.75, 3.05) is 7.11 Å². The lowest BCUT2D eigenvalue weighted by atomic mass is 9.86. The van der Waals surface area contributed by atoms with E-state index in [1.165, 1.54) is 17.2 Å². The lowest BCUT2D eigenvalue weighted by Gasteiger charge is -2.23. The second kappa shape index (κ2) is 10.0. The van der Waals surface area contributed by atoms with E-state index in [-0.39, 0.29) is 5.41 Å². The van der Waals surface area contributed by atoms with Gasteiger partial charge < -0.3 is 4.74 Å². The van der Waals surface area contributed by atoms with Gasteiger partial charge in [-0.15, -0.1) is 6.58 Å². The summed E-state index contributed by atoms with van der Waals surface area (Å²) >= 11 is 0. The van der Waals surface area contributed by atoms with Gasteiger partial charge in [0, 0.05) is 17.5 Å². The molecule has 1 aromatic heterocycles. The first-order chi connectivity index (χ1) is 17.5. The van der Waals surface area contributed by atoms with Crippen LogP contribution in [0.15, 0.2) is 85.5 Å². The smallest absolute Gasteiger partial charge is 0.337 e. The van der Waals surface area contributed by atoms with Gasteiger partial charge in [-0.05, 0) is 59.4 Å². The van der Waals surface area contributed by atoms with E-state index >= 15 is 0 Å². The van der Waals surface area contributed by atoms with Crippen LogP contribution in [0.3, 0.4) is 0 Å². The first kappa shape index (κ1) is 26.4. The summed E-state index contributed by atoms with van der Waals surface area (Å²) < 4.78 is 34.9. The first-order valence-corrected chi connectivity index (χ1v) is 13.7. The second-order valence-electron chi connectivity index (χ2n) is 10.4. The highest BCUT2D eigenvalue weighted by Gasteiger charge is 2.30. The van der Waals surface area contributed by atoms with Crippen molar-refractivity contribution in [3.05, 3.63) is 119 Å². The number of hydrogen-bond acceptors (Lipinski definition) is 4. The molecule has 1 heterocycles. The van der Waals surface area contributed by atoms with Crippen LogP contribution in [-0.2, 0) is 26.6 Å². The summed E-state index contributed by atoms with van der Waals surface area (Å²) in [6.45, 7) is 12.2. The molecule has 0 radical (unpaired) electrons. The van der Waals surface area contributed by atoms with Crippen LogP contribution in [0.2, 0.25) is 0 Å². The molecule has 0 saturated carbocycles. The number of fused-ring (bicyclic) bond motifs is 1. The molecule has 4 aromatic rings. The van der Waals surface area contributed by atoms with Crippen LogP contribution >= 0.6 is 0 Å². The third-order valence-electron chi connectivity index (χ3n) is 6.62. The summed E-state index contributed by atoms with van der Waals surface area (Å²) in [5.41, 5.74) is 5.28. The molecule has 4 rings (SSSR count). The highest BCUT2D eigenvalue weighted by Crippen LogP contribution is 2.34. The number of rotatable bonds is 7. The fourth-order valence-corrected chi connectivity index (χ4v) is 6.45. The van der Waals surface area contributed by atoms with Crippen molar-refractivity contribution in [2.45, 2.75) is 44.8 Å². The van der Waals surface area contributed by atoms with Crippen molar-refractivity contribution in [1.29, 1.82) is 0 Å². The van der Waals surface area contributed by atoms with Crippen molar-refractivity contribution in [3.8, 4) is 0 Å². The monoisotopic (exact) mass is 515 g/mol. The Kier molecular flexibility index (Phi) is 7.16. The molecule has 0 bridgehead atoms. The molecular formula is C31H33NO4S. The minimum atomic E-state index is -3.91. The summed E-state index contributed by atoms with van der Waals surface area (Å²) in [4.78, 5) is 11.8. The topological polar surface area (TPSA) is 65.4 Å². The van der Waals surface area contributed by atoms with Gasteiger partial charge >= 0.3 is 5.97 Å². The number of benzene rings is 3. The number of ether oxygens (including phenoxy) is 1. The zero-order valence-electron chi connectivity index (χ0n) is 22.0. The van der Waals surface area contributed by atoms with E-state index < -0.39 is 21.2 Å². The van der Waals surface area contributed by atoms with Gasteiger partial charge in [0.1, 0.15) is 5.25 Å². The Balaban J connectivity index is 1.85. The SMILES string of the molecule is C=CC(c1cccc(C(C)(C)C)c1)S(=O)(=O)n1c(Cc2ccc(C(=O)OC)cc2)cc2cc(C)ccc21. The molecule has 1 unspecified atom stereocenters. The maximum Gasteiger partial charge on any atom is 0.337 e. The molecule has 0 amide bonds. The van der Waals surface area contributed by atoms with Crippen molar-refractivity contribution >= 4 is 26.9 Å². The summed E-state index contributed by atoms with van der Waals surface area (Å²) in [5.74, 6) is -0.412. The largest absolute Gasteiger partial charge is 0.465 e. The number of esters is 1. The van der Waals surface area contributed by atoms with Crippen LogP contribution in [0.25, 0.3) is 10.9 Å². The van der Waals surface area contributed by atoms with Crippen molar-refractivity contribution < 1.29 is 17.9 Å². The molecule has 0 aliphatic rings. The molecule has 0 aliphatic heterocycles. The number of carbonyl (C=O) groups is 1. The molecule has 37 heavy (non-hydrogen) atoms. The summed E-state index contributed by atoms with van der Waals surface area (Å²) in [6, 6.07) is 22.5. The van der Waals surface area contributed by atoms with Crippen LogP contribution in [0.4, 0.5) is 0 Å². The number of hydrogen-bond donors (Lipinski definition) is 0. The summed E-state index contributed by atoms with van der Waals surface area (Å²) in [6.07, 6.45) is 1.88. The molecule has 3 aromatic carbocycles. The van der Waals surface area contributed by atoms with Crippen LogP contribution in [0, 0.1) is 6.92 Å². The number of aryl methyl sites for hydroxylation is 1. The van der Waals surface area contributed by atoms with Gasteiger partial charge in [-0.2, -0.15) is 0 Å². The van der Waals surface area contributed by atoms with Crippen molar-refractivity contribution in [1.82, 2.24) is 3.97 Å². The van der Waals surface area contributed by atoms with Gasteiger partial charge in [0.05, 0.1) is 18.2 Å². The van der Waals surface area contributed by atoms with E-state index in [1.54, 1.807) is 12.1 Å². The number of aromatic nitrogens is 1. The lowest BCUT2D eigenvalue weighted by molar-refractivity contribution is 0.0600. The minimum Gasteiger partial charge on any atom is -0.465 e. The third kappa shape index (κ3) is 5.25. The number of nitrogens with zero attached hydrogens (tertiary/aromatic N) is 1. The van der Waals surface area contributed by atoms with E-state index in [0.717, 1.165) is 22.1 Å². The fourth-order valence-electron chi connectivity index (χ4n) is 4.60. The van der Waals surface area contributed by atoms with Gasteiger partial charge in [-0.3, -0.25) is 0 Å². The van der Waals surface area contributed by atoms with Crippen LogP contribution < -0.4 is 0 Å². The van der Waals surface area contributed by atoms with Crippen LogP contribution in [-0.4, -0.2) is 25.5 Å². The van der Waals surface area contributed by atoms with Crippen LogP contribution in [0.1, 0.15) is 64.3 Å². The Morgan fingerprint density at radius 3 is 2.35 bits per heavy atom. The zero-order chi connectivity index (χ0) is 27.0. The van der Waals surface area contributed by atoms with Gasteiger partial charge in [0.25, 0.3) is 0 Å². The quantitative estimate of drug-likeness (QED) is 0.202. The normalized spacial score (nSPS) is 12.9. The second-order valence-corrected chi connectivity index (χ2v) is 12.3. The third-order valence-corrected chi connectivity index (χ3v) is 8.66. The Hall–Kier alpha value is -3.64. The average molecular weight is 516 g/mol. The standard InChI is InChI=1S/C31H33NO4S/c1-7-29(24-9-8-10-26(19-24)31(3,4)5)37(34,35)32-27(20-25-17-21(2)11-16-28(25)32)18-22-12-14-23(15-13-22)30(33)36-6/h7-17,19-20,29H,1,18H2,2-6H3. The summed E-state index contributed by atoms with van der Waals surface area (Å²) in [5, 5.41) is -0.0665. The predicted molar refractivity (Wildman–Crippen MR) is 150 cm³/mol. The molecule has 192 valence electrons. The average Bonchev–Trinajstić information content (AvgIpc) is 3.21. The number of methoxy groups -OCH3 is 1. The van der Waals surface area contributed by atoms with E-state index in [9.17, 15) is 13.2 Å². The van der Waals surface area contributed by atoms with Crippen molar-refractivity contribution in [2.24, 2.45) is 0 Å². The molecule has 5 nitrogen and oxygen atoms in total. The molecule has 1 atom stereocenters. The van der Waals surface area contributed by atoms with Gasteiger partial charge in [-0.1, -0.05) is 74.9 Å². The molecule has 0 N–H and O–H groups in total. The summed E-state index contributed by atoms with van der Waals surface area (Å²) in [7, 11) is -2.57. The number of carbonyl (C=O) groups excluding carboxylic acids is 1. The maximum absolute atomic E-state index is 14.3. The van der Waals surface area contributed by atoms with Crippen molar-refractivity contribution in [3.63, 3.8) is 0 Å². The lowest BCUT2D eigenvalue weighted by Crippen LogP contribution is -2.22. The molecule has 0 spiro atoms. The van der Waals surface area contributed by atoms with Gasteiger partial charge in [0.15, 0.2) is 0 Å². The molecule has 0 aliphatic carbocycles. The maximum atomic E-state index is 14.3. The highest BCUT2D eigenvalue weighted by atomic mass is 32.2. The minimum absolute atomic E-state index is 0.120. The van der Waals surface area contributed by atoms with E-state index in [0.29, 0.717) is 28.8 Å². The van der Waals surface area contributed by atoms with Crippen LogP contribution in [0.5, 0.6) is 0 Å². The fraction of sp³-hybridized carbons (Fsp3) is 0.258. The van der Waals surface area contributed by atoms with E-state index in [2.05, 4.69) is 27.4 Å². The molecule has 6 heteroatoms. The Labute approximate surface area is 219 Å².